The zero-order chi connectivity index (χ0) is 27.2. The monoisotopic (exact) mass is 540 g/mol. The van der Waals surface area contributed by atoms with Crippen LogP contribution < -0.4 is 0 Å². The van der Waals surface area contributed by atoms with Gasteiger partial charge in [0.25, 0.3) is 0 Å². The molecule has 0 bridgehead atoms. The highest BCUT2D eigenvalue weighted by Crippen LogP contribution is 2.42. The van der Waals surface area contributed by atoms with Crippen molar-refractivity contribution >= 4 is 42.4 Å². The van der Waals surface area contributed by atoms with Crippen LogP contribution in [-0.4, -0.2) is 9.97 Å². The van der Waals surface area contributed by atoms with Gasteiger partial charge in [-0.3, -0.25) is 0 Å². The number of hydrogen-bond acceptors (Lipinski definition) is 3. The van der Waals surface area contributed by atoms with Crippen LogP contribution in [0.5, 0.6) is 0 Å². The molecule has 0 unspecified atom stereocenters. The molecule has 0 aliphatic carbocycles. The molecule has 6 aromatic carbocycles. The lowest BCUT2D eigenvalue weighted by Gasteiger charge is -2.10. The average Bonchev–Trinajstić information content (AvgIpc) is 3.44. The van der Waals surface area contributed by atoms with Crippen LogP contribution in [0.3, 0.4) is 0 Å². The van der Waals surface area contributed by atoms with Crippen LogP contribution >= 0.6 is 11.3 Å². The molecule has 2 aromatic heterocycles. The van der Waals surface area contributed by atoms with Crippen molar-refractivity contribution in [1.29, 1.82) is 0 Å². The molecule has 3 heteroatoms. The van der Waals surface area contributed by atoms with Crippen molar-refractivity contribution in [2.75, 3.05) is 0 Å². The van der Waals surface area contributed by atoms with Gasteiger partial charge in [0.2, 0.25) is 0 Å². The molecule has 0 spiro atoms. The SMILES string of the molecule is c1ccc(-c2cccc(-c3cccc(-c4nc(-c5ccccc5)nc5c4sc4c6ccccc6ccc54)c3)c2)cc1. The van der Waals surface area contributed by atoms with E-state index in [1.165, 1.54) is 43.1 Å². The fourth-order valence-corrected chi connectivity index (χ4v) is 6.93. The van der Waals surface area contributed by atoms with Crippen LogP contribution in [0.15, 0.2) is 146 Å². The smallest absolute Gasteiger partial charge is 0.160 e. The van der Waals surface area contributed by atoms with E-state index in [-0.39, 0.29) is 0 Å². The molecule has 0 aliphatic heterocycles. The van der Waals surface area contributed by atoms with E-state index >= 15 is 0 Å². The summed E-state index contributed by atoms with van der Waals surface area (Å²) >= 11 is 1.79. The Bertz CT molecular complexity index is 2200. The van der Waals surface area contributed by atoms with E-state index in [1.807, 2.05) is 18.2 Å². The van der Waals surface area contributed by atoms with Crippen molar-refractivity contribution in [3.05, 3.63) is 146 Å². The van der Waals surface area contributed by atoms with Gasteiger partial charge in [-0.05, 0) is 45.2 Å². The van der Waals surface area contributed by atoms with Crippen LogP contribution in [0.2, 0.25) is 0 Å². The second-order valence-corrected chi connectivity index (χ2v) is 11.3. The molecule has 0 N–H and O–H groups in total. The minimum absolute atomic E-state index is 0.748. The Kier molecular flexibility index (Phi) is 5.68. The summed E-state index contributed by atoms with van der Waals surface area (Å²) in [5, 5.41) is 3.67. The van der Waals surface area contributed by atoms with Gasteiger partial charge in [-0.1, -0.05) is 133 Å². The molecule has 0 saturated heterocycles. The van der Waals surface area contributed by atoms with Gasteiger partial charge in [-0.15, -0.1) is 11.3 Å². The topological polar surface area (TPSA) is 25.8 Å². The molecule has 8 rings (SSSR count). The Hall–Kier alpha value is -5.12. The second-order valence-electron chi connectivity index (χ2n) is 10.2. The summed E-state index contributed by atoms with van der Waals surface area (Å²) < 4.78 is 2.37. The largest absolute Gasteiger partial charge is 0.226 e. The summed E-state index contributed by atoms with van der Waals surface area (Å²) in [7, 11) is 0. The molecule has 2 nitrogen and oxygen atoms in total. The fraction of sp³-hybridized carbons (Fsp3) is 0. The first kappa shape index (κ1) is 23.7. The molecular formula is C38H24N2S. The third-order valence-corrected chi connectivity index (χ3v) is 8.91. The van der Waals surface area contributed by atoms with E-state index in [0.717, 1.165) is 32.9 Å². The Morgan fingerprint density at radius 2 is 0.976 bits per heavy atom. The van der Waals surface area contributed by atoms with Gasteiger partial charge in [-0.25, -0.2) is 9.97 Å². The maximum atomic E-state index is 5.22. The molecular weight excluding hydrogens is 516 g/mol. The Morgan fingerprint density at radius 1 is 0.390 bits per heavy atom. The normalized spacial score (nSPS) is 11.4. The predicted octanol–water partition coefficient (Wildman–Crippen LogP) is 10.7. The van der Waals surface area contributed by atoms with Crippen LogP contribution in [0.4, 0.5) is 0 Å². The molecule has 0 radical (unpaired) electrons. The van der Waals surface area contributed by atoms with E-state index in [0.29, 0.717) is 0 Å². The highest BCUT2D eigenvalue weighted by molar-refractivity contribution is 7.27. The number of aromatic nitrogens is 2. The minimum Gasteiger partial charge on any atom is -0.226 e. The lowest BCUT2D eigenvalue weighted by Crippen LogP contribution is -1.93. The molecule has 41 heavy (non-hydrogen) atoms. The molecule has 8 aromatic rings. The number of hydrogen-bond donors (Lipinski definition) is 0. The number of rotatable bonds is 4. The van der Waals surface area contributed by atoms with Crippen molar-refractivity contribution in [2.45, 2.75) is 0 Å². The van der Waals surface area contributed by atoms with Crippen molar-refractivity contribution in [3.8, 4) is 44.9 Å². The van der Waals surface area contributed by atoms with Crippen LogP contribution in [-0.2, 0) is 0 Å². The van der Waals surface area contributed by atoms with Crippen molar-refractivity contribution < 1.29 is 0 Å². The van der Waals surface area contributed by atoms with Gasteiger partial charge < -0.3 is 0 Å². The number of benzene rings is 6. The van der Waals surface area contributed by atoms with Gasteiger partial charge in [0, 0.05) is 21.2 Å². The molecule has 0 fully saturated rings. The summed E-state index contributed by atoms with van der Waals surface area (Å²) in [5.74, 6) is 0.748. The van der Waals surface area contributed by atoms with Crippen LogP contribution in [0.1, 0.15) is 0 Å². The highest BCUT2D eigenvalue weighted by Gasteiger charge is 2.18. The molecule has 0 atom stereocenters. The maximum Gasteiger partial charge on any atom is 0.160 e. The average molecular weight is 541 g/mol. The molecule has 2 heterocycles. The van der Waals surface area contributed by atoms with Crippen molar-refractivity contribution in [2.24, 2.45) is 0 Å². The van der Waals surface area contributed by atoms with Crippen LogP contribution in [0, 0.1) is 0 Å². The van der Waals surface area contributed by atoms with Gasteiger partial charge in [-0.2, -0.15) is 0 Å². The van der Waals surface area contributed by atoms with E-state index < -0.39 is 0 Å². The molecule has 0 saturated carbocycles. The number of fused-ring (bicyclic) bond motifs is 5. The van der Waals surface area contributed by atoms with Gasteiger partial charge in [0.1, 0.15) is 0 Å². The molecule has 0 aliphatic rings. The standard InChI is InChI=1S/C38H24N2S/c1-3-11-25(12-4-1)28-16-9-17-29(23-28)30-18-10-19-31(24-30)34-37-35(40-38(39-34)27-14-5-2-6-15-27)33-22-21-26-13-7-8-20-32(26)36(33)41-37/h1-24H. The number of nitrogens with zero attached hydrogens (tertiary/aromatic N) is 2. The first-order valence-electron chi connectivity index (χ1n) is 13.8. The number of thiophene rings is 1. The highest BCUT2D eigenvalue weighted by atomic mass is 32.1. The van der Waals surface area contributed by atoms with E-state index in [9.17, 15) is 0 Å². The summed E-state index contributed by atoms with van der Waals surface area (Å²) in [6.07, 6.45) is 0. The Labute approximate surface area is 242 Å². The summed E-state index contributed by atoms with van der Waals surface area (Å²) in [6.45, 7) is 0. The van der Waals surface area contributed by atoms with Gasteiger partial charge in [0.15, 0.2) is 5.82 Å². The third kappa shape index (κ3) is 4.19. The van der Waals surface area contributed by atoms with E-state index in [1.54, 1.807) is 11.3 Å². The Balaban J connectivity index is 1.35. The predicted molar refractivity (Wildman–Crippen MR) is 174 cm³/mol. The first-order chi connectivity index (χ1) is 20.3. The summed E-state index contributed by atoms with van der Waals surface area (Å²) in [4.78, 5) is 10.4. The lowest BCUT2D eigenvalue weighted by atomic mass is 9.97. The van der Waals surface area contributed by atoms with Crippen LogP contribution in [0.25, 0.3) is 76.0 Å². The zero-order valence-corrected chi connectivity index (χ0v) is 23.0. The van der Waals surface area contributed by atoms with Crippen molar-refractivity contribution in [1.82, 2.24) is 9.97 Å². The summed E-state index contributed by atoms with van der Waals surface area (Å²) in [5.41, 5.74) is 8.87. The third-order valence-electron chi connectivity index (χ3n) is 7.68. The Morgan fingerprint density at radius 3 is 1.73 bits per heavy atom. The molecule has 192 valence electrons. The first-order valence-corrected chi connectivity index (χ1v) is 14.6. The van der Waals surface area contributed by atoms with Crippen molar-refractivity contribution in [3.63, 3.8) is 0 Å². The zero-order valence-electron chi connectivity index (χ0n) is 22.2. The minimum atomic E-state index is 0.748. The van der Waals surface area contributed by atoms with E-state index in [4.69, 9.17) is 9.97 Å². The van der Waals surface area contributed by atoms with E-state index in [2.05, 4.69) is 127 Å². The van der Waals surface area contributed by atoms with Gasteiger partial charge >= 0.3 is 0 Å². The van der Waals surface area contributed by atoms with Gasteiger partial charge in [0.05, 0.1) is 15.9 Å². The quantitative estimate of drug-likeness (QED) is 0.222. The maximum absolute atomic E-state index is 5.22. The lowest BCUT2D eigenvalue weighted by molar-refractivity contribution is 1.24. The fourth-order valence-electron chi connectivity index (χ4n) is 5.64. The summed E-state index contributed by atoms with van der Waals surface area (Å²) in [6, 6.07) is 51.3. The molecule has 0 amide bonds. The second kappa shape index (κ2) is 9.81.